The zero-order valence-electron chi connectivity index (χ0n) is 10.5. The molecule has 0 saturated carbocycles. The summed E-state index contributed by atoms with van der Waals surface area (Å²) < 4.78 is 0. The second kappa shape index (κ2) is 5.44. The third-order valence-electron chi connectivity index (χ3n) is 2.86. The van der Waals surface area contributed by atoms with Crippen LogP contribution in [0.5, 0.6) is 0 Å². The van der Waals surface area contributed by atoms with Crippen molar-refractivity contribution in [1.82, 2.24) is 0 Å². The molecule has 0 spiro atoms. The average molecular weight is 263 g/mol. The fourth-order valence-corrected chi connectivity index (χ4v) is 2.83. The zero-order valence-corrected chi connectivity index (χ0v) is 11.3. The van der Waals surface area contributed by atoms with Crippen molar-refractivity contribution in [3.63, 3.8) is 0 Å². The van der Waals surface area contributed by atoms with Crippen molar-refractivity contribution in [3.8, 4) is 0 Å². The Morgan fingerprint density at radius 1 is 1.44 bits per heavy atom. The monoisotopic (exact) mass is 263 g/mol. The number of thioether (sulfide) groups is 1. The summed E-state index contributed by atoms with van der Waals surface area (Å²) in [7, 11) is 0. The zero-order chi connectivity index (χ0) is 13.1. The van der Waals surface area contributed by atoms with E-state index in [1.165, 1.54) is 0 Å². The smallest absolute Gasteiger partial charge is 0.248 e. The van der Waals surface area contributed by atoms with E-state index in [-0.39, 0.29) is 0 Å². The summed E-state index contributed by atoms with van der Waals surface area (Å²) in [6.07, 6.45) is 0. The van der Waals surface area contributed by atoms with Crippen molar-refractivity contribution < 1.29 is 4.79 Å². The van der Waals surface area contributed by atoms with Crippen LogP contribution in [0, 0.1) is 5.92 Å². The number of nitrogens with two attached hydrogens (primary N) is 1. The van der Waals surface area contributed by atoms with Crippen LogP contribution < -0.4 is 11.1 Å². The van der Waals surface area contributed by atoms with Gasteiger partial charge in [0.2, 0.25) is 5.91 Å². The van der Waals surface area contributed by atoms with Crippen molar-refractivity contribution in [1.29, 1.82) is 0 Å². The summed E-state index contributed by atoms with van der Waals surface area (Å²) in [4.78, 5) is 15.6. The van der Waals surface area contributed by atoms with Gasteiger partial charge in [-0.15, -0.1) is 0 Å². The fourth-order valence-electron chi connectivity index (χ4n) is 1.64. The van der Waals surface area contributed by atoms with Gasteiger partial charge in [-0.2, -0.15) is 0 Å². The first-order chi connectivity index (χ1) is 8.56. The number of nitrogens with one attached hydrogen (secondary N) is 1. The Morgan fingerprint density at radius 2 is 2.11 bits per heavy atom. The molecule has 1 amide bonds. The molecular weight excluding hydrogens is 246 g/mol. The summed E-state index contributed by atoms with van der Waals surface area (Å²) in [6.45, 7) is 4.36. The summed E-state index contributed by atoms with van der Waals surface area (Å²) >= 11 is 1.73. The molecule has 1 atom stereocenters. The highest BCUT2D eigenvalue weighted by Gasteiger charge is 2.20. The largest absolute Gasteiger partial charge is 0.366 e. The Morgan fingerprint density at radius 3 is 2.61 bits per heavy atom. The summed E-state index contributed by atoms with van der Waals surface area (Å²) in [6, 6.07) is 7.50. The van der Waals surface area contributed by atoms with E-state index in [2.05, 4.69) is 24.2 Å². The minimum atomic E-state index is -0.408. The Balaban J connectivity index is 2.02. The van der Waals surface area contributed by atoms with E-state index < -0.39 is 5.91 Å². The average Bonchev–Trinajstić information content (AvgIpc) is 2.78. The van der Waals surface area contributed by atoms with Gasteiger partial charge in [-0.3, -0.25) is 9.79 Å². The lowest BCUT2D eigenvalue weighted by Gasteiger charge is -2.08. The van der Waals surface area contributed by atoms with Gasteiger partial charge in [-0.05, 0) is 30.2 Å². The van der Waals surface area contributed by atoms with Gasteiger partial charge in [0.1, 0.15) is 0 Å². The molecule has 1 aromatic rings. The fraction of sp³-hybridized carbons (Fsp3) is 0.385. The van der Waals surface area contributed by atoms with Crippen LogP contribution in [0.15, 0.2) is 29.3 Å². The maximum Gasteiger partial charge on any atom is 0.248 e. The van der Waals surface area contributed by atoms with Crippen molar-refractivity contribution in [2.45, 2.75) is 19.9 Å². The molecule has 0 bridgehead atoms. The number of benzene rings is 1. The van der Waals surface area contributed by atoms with Gasteiger partial charge >= 0.3 is 0 Å². The van der Waals surface area contributed by atoms with Gasteiger partial charge in [0, 0.05) is 17.0 Å². The third kappa shape index (κ3) is 3.04. The Kier molecular flexibility index (Phi) is 3.91. The molecule has 5 heteroatoms. The first-order valence-corrected chi connectivity index (χ1v) is 6.92. The van der Waals surface area contributed by atoms with Crippen LogP contribution >= 0.6 is 11.8 Å². The molecular formula is C13H17N3OS. The van der Waals surface area contributed by atoms with Gasteiger partial charge in [0.15, 0.2) is 5.17 Å². The maximum absolute atomic E-state index is 10.9. The van der Waals surface area contributed by atoms with Crippen LogP contribution in [0.3, 0.4) is 0 Å². The molecule has 2 rings (SSSR count). The van der Waals surface area contributed by atoms with Crippen LogP contribution in [-0.4, -0.2) is 22.9 Å². The Hall–Kier alpha value is -1.49. The van der Waals surface area contributed by atoms with Crippen LogP contribution in [0.4, 0.5) is 5.69 Å². The van der Waals surface area contributed by atoms with Gasteiger partial charge < -0.3 is 11.1 Å². The minimum Gasteiger partial charge on any atom is -0.366 e. The van der Waals surface area contributed by atoms with E-state index >= 15 is 0 Å². The van der Waals surface area contributed by atoms with Crippen molar-refractivity contribution in [2.24, 2.45) is 16.6 Å². The molecule has 0 saturated heterocycles. The number of carbonyl (C=O) groups is 1. The third-order valence-corrected chi connectivity index (χ3v) is 3.85. The van der Waals surface area contributed by atoms with E-state index in [0.717, 1.165) is 16.6 Å². The first kappa shape index (κ1) is 13.0. The first-order valence-electron chi connectivity index (χ1n) is 5.94. The number of amides is 1. The van der Waals surface area contributed by atoms with Gasteiger partial charge in [0.05, 0.1) is 6.04 Å². The molecule has 1 unspecified atom stereocenters. The lowest BCUT2D eigenvalue weighted by Crippen LogP contribution is -2.12. The molecule has 0 radical (unpaired) electrons. The summed E-state index contributed by atoms with van der Waals surface area (Å²) in [5, 5.41) is 4.20. The van der Waals surface area contributed by atoms with Crippen molar-refractivity contribution in [2.75, 3.05) is 11.1 Å². The van der Waals surface area contributed by atoms with Gasteiger partial charge in [-0.25, -0.2) is 0 Å². The number of amidine groups is 1. The molecule has 18 heavy (non-hydrogen) atoms. The standard InChI is InChI=1S/C13H17N3OS/c1-8(2)11-7-18-13(16-11)15-10-5-3-9(4-6-10)12(14)17/h3-6,8,11H,7H2,1-2H3,(H2,14,17)(H,15,16). The summed E-state index contributed by atoms with van der Waals surface area (Å²) in [5.74, 6) is 1.18. The SMILES string of the molecule is CC(C)C1CSC(Nc2ccc(C(N)=O)cc2)=N1. The molecule has 1 aliphatic rings. The van der Waals surface area contributed by atoms with Crippen molar-refractivity contribution in [3.05, 3.63) is 29.8 Å². The molecule has 0 fully saturated rings. The highest BCUT2D eigenvalue weighted by atomic mass is 32.2. The van der Waals surface area contributed by atoms with E-state index in [1.807, 2.05) is 12.1 Å². The molecule has 1 heterocycles. The molecule has 0 aliphatic carbocycles. The second-order valence-corrected chi connectivity index (χ2v) is 5.63. The van der Waals surface area contributed by atoms with Gasteiger partial charge in [0.25, 0.3) is 0 Å². The number of anilines is 1. The molecule has 0 aromatic heterocycles. The van der Waals surface area contributed by atoms with Gasteiger partial charge in [-0.1, -0.05) is 25.6 Å². The highest BCUT2D eigenvalue weighted by molar-refractivity contribution is 8.14. The number of primary amides is 1. The molecule has 96 valence electrons. The Bertz CT molecular complexity index is 468. The number of aliphatic imine (C=N–C) groups is 1. The Labute approximate surface area is 111 Å². The summed E-state index contributed by atoms with van der Waals surface area (Å²) in [5.41, 5.74) is 6.63. The second-order valence-electron chi connectivity index (χ2n) is 4.62. The number of hydrogen-bond donors (Lipinski definition) is 2. The topological polar surface area (TPSA) is 67.5 Å². The van der Waals surface area contributed by atoms with Crippen LogP contribution in [-0.2, 0) is 0 Å². The number of carbonyl (C=O) groups excluding carboxylic acids is 1. The molecule has 1 aromatic carbocycles. The van der Waals surface area contributed by atoms with Crippen LogP contribution in [0.1, 0.15) is 24.2 Å². The predicted molar refractivity (Wildman–Crippen MR) is 77.1 cm³/mol. The normalized spacial score (nSPS) is 18.8. The molecule has 3 N–H and O–H groups in total. The number of rotatable bonds is 3. The van der Waals surface area contributed by atoms with E-state index in [9.17, 15) is 4.79 Å². The molecule has 4 nitrogen and oxygen atoms in total. The van der Waals surface area contributed by atoms with E-state index in [4.69, 9.17) is 5.73 Å². The lowest BCUT2D eigenvalue weighted by atomic mass is 10.1. The van der Waals surface area contributed by atoms with Crippen LogP contribution in [0.2, 0.25) is 0 Å². The molecule has 1 aliphatic heterocycles. The van der Waals surface area contributed by atoms with E-state index in [1.54, 1.807) is 23.9 Å². The van der Waals surface area contributed by atoms with Crippen LogP contribution in [0.25, 0.3) is 0 Å². The minimum absolute atomic E-state index is 0.391. The maximum atomic E-state index is 10.9. The predicted octanol–water partition coefficient (Wildman–Crippen LogP) is 2.32. The number of hydrogen-bond acceptors (Lipinski definition) is 4. The lowest BCUT2D eigenvalue weighted by molar-refractivity contribution is 0.100. The van der Waals surface area contributed by atoms with E-state index in [0.29, 0.717) is 17.5 Å². The quantitative estimate of drug-likeness (QED) is 0.879. The number of nitrogens with zero attached hydrogens (tertiary/aromatic N) is 1. The highest BCUT2D eigenvalue weighted by Crippen LogP contribution is 2.24. The van der Waals surface area contributed by atoms with Crippen molar-refractivity contribution >= 4 is 28.5 Å².